The fourth-order valence-corrected chi connectivity index (χ4v) is 7.82. The Hall–Kier alpha value is -7.17. The Bertz CT molecular complexity index is 3050. The lowest BCUT2D eigenvalue weighted by Gasteiger charge is -2.16. The van der Waals surface area contributed by atoms with Gasteiger partial charge in [0.1, 0.15) is 11.2 Å². The summed E-state index contributed by atoms with van der Waals surface area (Å²) in [6, 6.07) is 61.5. The number of fused-ring (bicyclic) bond motifs is 4. The summed E-state index contributed by atoms with van der Waals surface area (Å²) in [4.78, 5) is 15.3. The van der Waals surface area contributed by atoms with Crippen molar-refractivity contribution in [2.45, 2.75) is 13.8 Å². The van der Waals surface area contributed by atoms with E-state index in [-0.39, 0.29) is 0 Å². The molecule has 55 heavy (non-hydrogen) atoms. The first-order valence-corrected chi connectivity index (χ1v) is 18.6. The van der Waals surface area contributed by atoms with Crippen LogP contribution in [0, 0.1) is 13.8 Å². The van der Waals surface area contributed by atoms with E-state index in [4.69, 9.17) is 19.4 Å². The zero-order valence-corrected chi connectivity index (χ0v) is 30.5. The summed E-state index contributed by atoms with van der Waals surface area (Å²) in [6.45, 7) is 4.41. The second-order valence-corrected chi connectivity index (χ2v) is 14.1. The molecule has 260 valence electrons. The van der Waals surface area contributed by atoms with Crippen LogP contribution >= 0.6 is 0 Å². The van der Waals surface area contributed by atoms with Gasteiger partial charge < -0.3 is 4.42 Å². The summed E-state index contributed by atoms with van der Waals surface area (Å²) in [5.74, 6) is 1.82. The molecule has 0 atom stereocenters. The van der Waals surface area contributed by atoms with Gasteiger partial charge in [0, 0.05) is 27.5 Å². The van der Waals surface area contributed by atoms with Gasteiger partial charge in [-0.1, -0.05) is 152 Å². The van der Waals surface area contributed by atoms with Crippen molar-refractivity contribution in [1.82, 2.24) is 15.0 Å². The van der Waals surface area contributed by atoms with Gasteiger partial charge in [0.25, 0.3) is 0 Å². The van der Waals surface area contributed by atoms with E-state index in [0.717, 1.165) is 55.1 Å². The minimum Gasteiger partial charge on any atom is -0.456 e. The maximum absolute atomic E-state index is 6.27. The lowest BCUT2D eigenvalue weighted by atomic mass is 9.89. The average Bonchev–Trinajstić information content (AvgIpc) is 3.62. The highest BCUT2D eigenvalue weighted by atomic mass is 16.3. The van der Waals surface area contributed by atoms with E-state index in [1.807, 2.05) is 30.3 Å². The number of rotatable bonds is 6. The lowest BCUT2D eigenvalue weighted by Crippen LogP contribution is -2.00. The van der Waals surface area contributed by atoms with Crippen LogP contribution in [0.3, 0.4) is 0 Å². The van der Waals surface area contributed by atoms with Crippen molar-refractivity contribution >= 4 is 32.7 Å². The number of para-hydroxylation sites is 1. The number of benzene rings is 8. The molecule has 0 spiro atoms. The highest BCUT2D eigenvalue weighted by molar-refractivity contribution is 6.06. The van der Waals surface area contributed by atoms with Crippen LogP contribution in [0.1, 0.15) is 11.1 Å². The van der Waals surface area contributed by atoms with E-state index in [1.54, 1.807) is 0 Å². The molecule has 2 aromatic heterocycles. The molecule has 0 aliphatic carbocycles. The topological polar surface area (TPSA) is 51.8 Å². The van der Waals surface area contributed by atoms with Gasteiger partial charge in [0.2, 0.25) is 0 Å². The molecular formula is C51H35N3O. The third-order valence-corrected chi connectivity index (χ3v) is 10.7. The van der Waals surface area contributed by atoms with Crippen LogP contribution in [-0.2, 0) is 0 Å². The second kappa shape index (κ2) is 13.4. The summed E-state index contributed by atoms with van der Waals surface area (Å²) in [7, 11) is 0. The summed E-state index contributed by atoms with van der Waals surface area (Å²) < 4.78 is 6.27. The predicted molar refractivity (Wildman–Crippen MR) is 227 cm³/mol. The summed E-state index contributed by atoms with van der Waals surface area (Å²) >= 11 is 0. The molecule has 0 saturated carbocycles. The van der Waals surface area contributed by atoms with E-state index in [9.17, 15) is 0 Å². The van der Waals surface area contributed by atoms with Crippen LogP contribution < -0.4 is 0 Å². The smallest absolute Gasteiger partial charge is 0.164 e. The van der Waals surface area contributed by atoms with E-state index in [1.165, 1.54) is 38.8 Å². The molecule has 8 aromatic carbocycles. The number of aryl methyl sites for hydroxylation is 1. The molecule has 4 nitrogen and oxygen atoms in total. The van der Waals surface area contributed by atoms with Crippen molar-refractivity contribution in [1.29, 1.82) is 0 Å². The number of aromatic nitrogens is 3. The molecule has 0 radical (unpaired) electrons. The minimum atomic E-state index is 0.590. The second-order valence-electron chi connectivity index (χ2n) is 14.1. The molecule has 0 amide bonds. The van der Waals surface area contributed by atoms with Crippen LogP contribution in [0.25, 0.3) is 100 Å². The van der Waals surface area contributed by atoms with E-state index in [2.05, 4.69) is 159 Å². The molecule has 10 aromatic rings. The predicted octanol–water partition coefficient (Wildman–Crippen LogP) is 13.5. The molecule has 0 bridgehead atoms. The van der Waals surface area contributed by atoms with Crippen LogP contribution in [0.15, 0.2) is 180 Å². The van der Waals surface area contributed by atoms with Crippen LogP contribution in [0.5, 0.6) is 0 Å². The van der Waals surface area contributed by atoms with Crippen molar-refractivity contribution in [2.75, 3.05) is 0 Å². The molecule has 0 aliphatic heterocycles. The first kappa shape index (κ1) is 32.5. The third-order valence-electron chi connectivity index (χ3n) is 10.7. The summed E-state index contributed by atoms with van der Waals surface area (Å²) in [5.41, 5.74) is 14.1. The van der Waals surface area contributed by atoms with Gasteiger partial charge in [0.15, 0.2) is 17.5 Å². The van der Waals surface area contributed by atoms with Crippen molar-refractivity contribution in [3.05, 3.63) is 187 Å². The van der Waals surface area contributed by atoms with Gasteiger partial charge in [-0.05, 0) is 93.4 Å². The van der Waals surface area contributed by atoms with E-state index in [0.29, 0.717) is 17.5 Å². The van der Waals surface area contributed by atoms with Gasteiger partial charge in [-0.25, -0.2) is 15.0 Å². The lowest BCUT2D eigenvalue weighted by molar-refractivity contribution is 0.669. The normalized spacial score (nSPS) is 11.5. The van der Waals surface area contributed by atoms with E-state index < -0.39 is 0 Å². The molecule has 4 heteroatoms. The van der Waals surface area contributed by atoms with Crippen molar-refractivity contribution in [3.8, 4) is 67.5 Å². The van der Waals surface area contributed by atoms with Crippen molar-refractivity contribution in [2.24, 2.45) is 0 Å². The van der Waals surface area contributed by atoms with Gasteiger partial charge >= 0.3 is 0 Å². The molecule has 2 heterocycles. The van der Waals surface area contributed by atoms with Crippen LogP contribution in [0.4, 0.5) is 0 Å². The Morgan fingerprint density at radius 2 is 0.873 bits per heavy atom. The van der Waals surface area contributed by atoms with Gasteiger partial charge in [-0.15, -0.1) is 0 Å². The van der Waals surface area contributed by atoms with Crippen molar-refractivity contribution < 1.29 is 4.42 Å². The fraction of sp³-hybridized carbons (Fsp3) is 0.0392. The molecular weight excluding hydrogens is 671 g/mol. The number of nitrogens with zero attached hydrogens (tertiary/aromatic N) is 3. The molecule has 0 unspecified atom stereocenters. The van der Waals surface area contributed by atoms with Crippen LogP contribution in [-0.4, -0.2) is 15.0 Å². The molecule has 0 aliphatic rings. The monoisotopic (exact) mass is 705 g/mol. The third kappa shape index (κ3) is 5.85. The standard InChI is InChI=1S/C51H35N3O/c1-32-12-6-7-16-40(32)41-18-11-19-42(33(41)2)44-20-10-15-37-30-38(26-28-43(37)44)50-52-49(36-24-22-35(23-25-36)34-13-4-3-5-14-34)53-51(54-50)39-27-29-46-45-17-8-9-21-47(45)55-48(46)31-39/h3-31H,1-2H3. The average molecular weight is 706 g/mol. The minimum absolute atomic E-state index is 0.590. The molecule has 10 rings (SSSR count). The van der Waals surface area contributed by atoms with Gasteiger partial charge in [-0.2, -0.15) is 0 Å². The molecule has 0 saturated heterocycles. The SMILES string of the molecule is Cc1ccccc1-c1cccc(-c2cccc3cc(-c4nc(-c5ccc(-c6ccccc6)cc5)nc(-c5ccc6c(c5)oc5ccccc56)n4)ccc23)c1C. The summed E-state index contributed by atoms with van der Waals surface area (Å²) in [6.07, 6.45) is 0. The Morgan fingerprint density at radius 1 is 0.345 bits per heavy atom. The summed E-state index contributed by atoms with van der Waals surface area (Å²) in [5, 5.41) is 4.45. The maximum Gasteiger partial charge on any atom is 0.164 e. The maximum atomic E-state index is 6.27. The zero-order valence-electron chi connectivity index (χ0n) is 30.5. The Morgan fingerprint density at radius 3 is 1.65 bits per heavy atom. The fourth-order valence-electron chi connectivity index (χ4n) is 7.82. The number of hydrogen-bond acceptors (Lipinski definition) is 4. The number of hydrogen-bond donors (Lipinski definition) is 0. The molecule has 0 N–H and O–H groups in total. The highest BCUT2D eigenvalue weighted by Crippen LogP contribution is 2.38. The Balaban J connectivity index is 1.10. The van der Waals surface area contributed by atoms with Crippen LogP contribution in [0.2, 0.25) is 0 Å². The quantitative estimate of drug-likeness (QED) is 0.173. The largest absolute Gasteiger partial charge is 0.456 e. The van der Waals surface area contributed by atoms with E-state index >= 15 is 0 Å². The van der Waals surface area contributed by atoms with Gasteiger partial charge in [0.05, 0.1) is 0 Å². The highest BCUT2D eigenvalue weighted by Gasteiger charge is 2.17. The van der Waals surface area contributed by atoms with Crippen molar-refractivity contribution in [3.63, 3.8) is 0 Å². The zero-order chi connectivity index (χ0) is 36.9. The van der Waals surface area contributed by atoms with Gasteiger partial charge in [-0.3, -0.25) is 0 Å². The first-order valence-electron chi connectivity index (χ1n) is 18.6. The Labute approximate surface area is 319 Å². The number of furan rings is 1. The Kier molecular flexibility index (Phi) is 7.88. The first-order chi connectivity index (χ1) is 27.1. The molecule has 0 fully saturated rings.